The Labute approximate surface area is 114 Å². The smallest absolute Gasteiger partial charge is 0.220 e. The van der Waals surface area contributed by atoms with E-state index in [4.69, 9.17) is 4.52 Å². The first-order valence-electron chi connectivity index (χ1n) is 6.04. The van der Waals surface area contributed by atoms with Crippen LogP contribution in [0.15, 0.2) is 4.52 Å². The molecule has 0 spiro atoms. The number of halogens is 1. The molecular weight excluding hydrogens is 254 g/mol. The standard InChI is InChI=1S/C12H21N3O2.ClH/c1-4-13-7-8-14-12(16)6-5-11-9(2)15-17-10(11)3;/h13H,4-8H2,1-3H3,(H,14,16);1H. The van der Waals surface area contributed by atoms with Gasteiger partial charge in [-0.3, -0.25) is 4.79 Å². The van der Waals surface area contributed by atoms with Crippen LogP contribution in [0.2, 0.25) is 0 Å². The SMILES string of the molecule is CCNCCNC(=O)CCc1c(C)noc1C.Cl. The molecule has 0 saturated carbocycles. The van der Waals surface area contributed by atoms with Crippen molar-refractivity contribution in [2.45, 2.75) is 33.6 Å². The van der Waals surface area contributed by atoms with Gasteiger partial charge in [0.2, 0.25) is 5.91 Å². The van der Waals surface area contributed by atoms with Crippen LogP contribution in [0.1, 0.15) is 30.4 Å². The lowest BCUT2D eigenvalue weighted by Gasteiger charge is -2.05. The van der Waals surface area contributed by atoms with Crippen LogP contribution in [0.4, 0.5) is 0 Å². The highest BCUT2D eigenvalue weighted by Gasteiger charge is 2.10. The van der Waals surface area contributed by atoms with Gasteiger partial charge in [-0.05, 0) is 26.8 Å². The topological polar surface area (TPSA) is 67.2 Å². The maximum Gasteiger partial charge on any atom is 0.220 e. The van der Waals surface area contributed by atoms with E-state index in [2.05, 4.69) is 15.8 Å². The molecule has 5 nitrogen and oxygen atoms in total. The fourth-order valence-electron chi connectivity index (χ4n) is 1.65. The highest BCUT2D eigenvalue weighted by Crippen LogP contribution is 2.13. The number of aryl methyl sites for hydroxylation is 2. The molecule has 0 atom stereocenters. The maximum atomic E-state index is 11.5. The zero-order chi connectivity index (χ0) is 12.7. The molecule has 0 aliphatic heterocycles. The second-order valence-corrected chi connectivity index (χ2v) is 4.01. The third-order valence-electron chi connectivity index (χ3n) is 2.66. The van der Waals surface area contributed by atoms with Gasteiger partial charge in [-0.1, -0.05) is 12.1 Å². The van der Waals surface area contributed by atoms with Gasteiger partial charge in [0, 0.05) is 25.1 Å². The minimum absolute atomic E-state index is 0. The van der Waals surface area contributed by atoms with Gasteiger partial charge < -0.3 is 15.2 Å². The van der Waals surface area contributed by atoms with E-state index in [0.29, 0.717) is 19.4 Å². The summed E-state index contributed by atoms with van der Waals surface area (Å²) in [6.45, 7) is 8.23. The molecule has 104 valence electrons. The Hall–Kier alpha value is -1.07. The molecule has 0 aliphatic carbocycles. The molecule has 0 aliphatic rings. The number of aromatic nitrogens is 1. The highest BCUT2D eigenvalue weighted by atomic mass is 35.5. The molecule has 0 unspecified atom stereocenters. The first-order valence-corrected chi connectivity index (χ1v) is 6.04. The van der Waals surface area contributed by atoms with Crippen LogP contribution in [-0.2, 0) is 11.2 Å². The number of nitrogens with zero attached hydrogens (tertiary/aromatic N) is 1. The van der Waals surface area contributed by atoms with Crippen LogP contribution in [0, 0.1) is 13.8 Å². The maximum absolute atomic E-state index is 11.5. The molecule has 0 fully saturated rings. The zero-order valence-corrected chi connectivity index (χ0v) is 12.0. The van der Waals surface area contributed by atoms with E-state index in [1.807, 2.05) is 20.8 Å². The summed E-state index contributed by atoms with van der Waals surface area (Å²) in [4.78, 5) is 11.5. The predicted octanol–water partition coefficient (Wildman–Crippen LogP) is 1.37. The van der Waals surface area contributed by atoms with Gasteiger partial charge in [-0.15, -0.1) is 12.4 Å². The number of rotatable bonds is 7. The monoisotopic (exact) mass is 275 g/mol. The molecule has 1 aromatic heterocycles. The second-order valence-electron chi connectivity index (χ2n) is 4.01. The average Bonchev–Trinajstić information content (AvgIpc) is 2.62. The van der Waals surface area contributed by atoms with Crippen LogP contribution in [0.5, 0.6) is 0 Å². The van der Waals surface area contributed by atoms with Gasteiger partial charge in [0.05, 0.1) is 5.69 Å². The number of carbonyl (C=O) groups excluding carboxylic acids is 1. The number of hydrogen-bond donors (Lipinski definition) is 2. The number of amides is 1. The van der Waals surface area contributed by atoms with Gasteiger partial charge in [-0.2, -0.15) is 0 Å². The van der Waals surface area contributed by atoms with Crippen molar-refractivity contribution in [3.8, 4) is 0 Å². The lowest BCUT2D eigenvalue weighted by Crippen LogP contribution is -2.31. The first kappa shape index (κ1) is 16.9. The summed E-state index contributed by atoms with van der Waals surface area (Å²) in [5.74, 6) is 0.880. The van der Waals surface area contributed by atoms with Crippen molar-refractivity contribution >= 4 is 18.3 Å². The lowest BCUT2D eigenvalue weighted by molar-refractivity contribution is -0.121. The van der Waals surface area contributed by atoms with Crippen molar-refractivity contribution < 1.29 is 9.32 Å². The molecule has 0 radical (unpaired) electrons. The second kappa shape index (κ2) is 8.94. The zero-order valence-electron chi connectivity index (χ0n) is 11.2. The number of nitrogens with one attached hydrogen (secondary N) is 2. The van der Waals surface area contributed by atoms with E-state index in [1.54, 1.807) is 0 Å². The summed E-state index contributed by atoms with van der Waals surface area (Å²) < 4.78 is 5.05. The van der Waals surface area contributed by atoms with Gasteiger partial charge in [0.1, 0.15) is 5.76 Å². The normalized spacial score (nSPS) is 9.94. The van der Waals surface area contributed by atoms with Crippen LogP contribution in [-0.4, -0.2) is 30.7 Å². The van der Waals surface area contributed by atoms with E-state index in [9.17, 15) is 4.79 Å². The van der Waals surface area contributed by atoms with E-state index >= 15 is 0 Å². The first-order chi connectivity index (χ1) is 8.15. The van der Waals surface area contributed by atoms with E-state index in [1.165, 1.54) is 0 Å². The quantitative estimate of drug-likeness (QED) is 0.738. The van der Waals surface area contributed by atoms with Gasteiger partial charge >= 0.3 is 0 Å². The summed E-state index contributed by atoms with van der Waals surface area (Å²) in [5, 5.41) is 9.88. The van der Waals surface area contributed by atoms with Gasteiger partial charge in [0.25, 0.3) is 0 Å². The fraction of sp³-hybridized carbons (Fsp3) is 0.667. The number of carbonyl (C=O) groups is 1. The van der Waals surface area contributed by atoms with Crippen LogP contribution >= 0.6 is 12.4 Å². The van der Waals surface area contributed by atoms with Crippen LogP contribution in [0.25, 0.3) is 0 Å². The summed E-state index contributed by atoms with van der Waals surface area (Å²) in [7, 11) is 0. The average molecular weight is 276 g/mol. The molecule has 18 heavy (non-hydrogen) atoms. The fourth-order valence-corrected chi connectivity index (χ4v) is 1.65. The van der Waals surface area contributed by atoms with E-state index in [0.717, 1.165) is 30.1 Å². The highest BCUT2D eigenvalue weighted by molar-refractivity contribution is 5.85. The molecule has 1 amide bonds. The molecule has 2 N–H and O–H groups in total. The summed E-state index contributed by atoms with van der Waals surface area (Å²) in [6.07, 6.45) is 1.17. The molecule has 6 heteroatoms. The Kier molecular flexibility index (Phi) is 8.41. The van der Waals surface area contributed by atoms with Crippen molar-refractivity contribution in [2.75, 3.05) is 19.6 Å². The predicted molar refractivity (Wildman–Crippen MR) is 73.1 cm³/mol. The summed E-state index contributed by atoms with van der Waals surface area (Å²) in [5.41, 5.74) is 1.93. The third kappa shape index (κ3) is 5.51. The van der Waals surface area contributed by atoms with Crippen molar-refractivity contribution in [3.63, 3.8) is 0 Å². The van der Waals surface area contributed by atoms with E-state index in [-0.39, 0.29) is 18.3 Å². The number of hydrogen-bond acceptors (Lipinski definition) is 4. The number of likely N-dealkylation sites (N-methyl/N-ethyl adjacent to an activating group) is 1. The minimum atomic E-state index is 0. The Morgan fingerprint density at radius 1 is 1.33 bits per heavy atom. The van der Waals surface area contributed by atoms with Crippen molar-refractivity contribution in [1.82, 2.24) is 15.8 Å². The van der Waals surface area contributed by atoms with Crippen LogP contribution in [0.3, 0.4) is 0 Å². The molecule has 1 heterocycles. The Morgan fingerprint density at radius 2 is 2.06 bits per heavy atom. The molecular formula is C12H22ClN3O2. The molecule has 1 rings (SSSR count). The molecule has 0 saturated heterocycles. The van der Waals surface area contributed by atoms with Crippen molar-refractivity contribution in [1.29, 1.82) is 0 Å². The van der Waals surface area contributed by atoms with Crippen molar-refractivity contribution in [3.05, 3.63) is 17.0 Å². The minimum Gasteiger partial charge on any atom is -0.361 e. The Bertz CT molecular complexity index is 347. The van der Waals surface area contributed by atoms with E-state index < -0.39 is 0 Å². The lowest BCUT2D eigenvalue weighted by atomic mass is 10.1. The molecule has 0 aromatic carbocycles. The Balaban J connectivity index is 0.00000289. The summed E-state index contributed by atoms with van der Waals surface area (Å²) in [6, 6.07) is 0. The van der Waals surface area contributed by atoms with Crippen molar-refractivity contribution in [2.24, 2.45) is 0 Å². The van der Waals surface area contributed by atoms with Gasteiger partial charge in [0.15, 0.2) is 0 Å². The van der Waals surface area contributed by atoms with Crippen LogP contribution < -0.4 is 10.6 Å². The third-order valence-corrected chi connectivity index (χ3v) is 2.66. The summed E-state index contributed by atoms with van der Waals surface area (Å²) >= 11 is 0. The largest absolute Gasteiger partial charge is 0.361 e. The van der Waals surface area contributed by atoms with Gasteiger partial charge in [-0.25, -0.2) is 0 Å². The Morgan fingerprint density at radius 3 is 2.61 bits per heavy atom. The molecule has 0 bridgehead atoms. The molecule has 1 aromatic rings.